The number of nitrogens with one attached hydrogen (secondary N) is 2. The SMILES string of the molecule is CC1CN/C(=C\c2ccccc2CCNc2nc3ccccc3s2)S1. The molecule has 0 saturated carbocycles. The van der Waals surface area contributed by atoms with Gasteiger partial charge in [-0.15, -0.1) is 11.8 Å². The number of aromatic nitrogens is 1. The van der Waals surface area contributed by atoms with E-state index in [0.29, 0.717) is 5.25 Å². The van der Waals surface area contributed by atoms with Gasteiger partial charge in [-0.1, -0.05) is 54.7 Å². The summed E-state index contributed by atoms with van der Waals surface area (Å²) in [5.41, 5.74) is 3.74. The second kappa shape index (κ2) is 7.50. The summed E-state index contributed by atoms with van der Waals surface area (Å²) in [5.74, 6) is 0. The van der Waals surface area contributed by atoms with Crippen LogP contribution < -0.4 is 10.6 Å². The van der Waals surface area contributed by atoms with E-state index < -0.39 is 0 Å². The van der Waals surface area contributed by atoms with Crippen molar-refractivity contribution in [3.05, 3.63) is 64.7 Å². The predicted octanol–water partition coefficient (Wildman–Crippen LogP) is 4.97. The van der Waals surface area contributed by atoms with Crippen molar-refractivity contribution in [2.45, 2.75) is 18.6 Å². The third kappa shape index (κ3) is 3.99. The first kappa shape index (κ1) is 16.5. The third-order valence-electron chi connectivity index (χ3n) is 4.20. The minimum atomic E-state index is 0.652. The van der Waals surface area contributed by atoms with E-state index >= 15 is 0 Å². The van der Waals surface area contributed by atoms with Crippen LogP contribution in [0, 0.1) is 0 Å². The molecule has 0 spiro atoms. The Morgan fingerprint density at radius 3 is 2.88 bits per heavy atom. The van der Waals surface area contributed by atoms with Crippen LogP contribution in [0.4, 0.5) is 5.13 Å². The maximum Gasteiger partial charge on any atom is 0.183 e. The molecule has 2 heterocycles. The standard InChI is InChI=1S/C20H21N3S2/c1-14-13-22-19(24-14)12-16-7-3-2-6-15(16)10-11-21-20-23-17-8-4-5-9-18(17)25-20/h2-9,12,14,22H,10-11,13H2,1H3,(H,21,23)/b19-12+. The molecule has 1 atom stereocenters. The summed E-state index contributed by atoms with van der Waals surface area (Å²) >= 11 is 3.63. The Morgan fingerprint density at radius 2 is 2.04 bits per heavy atom. The first-order valence-electron chi connectivity index (χ1n) is 8.57. The van der Waals surface area contributed by atoms with Crippen molar-refractivity contribution >= 4 is 44.5 Å². The monoisotopic (exact) mass is 367 g/mol. The first-order valence-corrected chi connectivity index (χ1v) is 10.3. The average molecular weight is 368 g/mol. The normalized spacial score (nSPS) is 18.6. The van der Waals surface area contributed by atoms with E-state index in [2.05, 4.69) is 71.1 Å². The molecule has 25 heavy (non-hydrogen) atoms. The second-order valence-electron chi connectivity index (χ2n) is 6.18. The number of rotatable bonds is 5. The summed E-state index contributed by atoms with van der Waals surface area (Å²) in [6.07, 6.45) is 3.26. The Labute approximate surface area is 156 Å². The van der Waals surface area contributed by atoms with E-state index in [1.807, 2.05) is 17.8 Å². The molecule has 128 valence electrons. The van der Waals surface area contributed by atoms with Crippen LogP contribution in [-0.4, -0.2) is 23.3 Å². The van der Waals surface area contributed by atoms with Crippen LogP contribution >= 0.6 is 23.1 Å². The number of nitrogens with zero attached hydrogens (tertiary/aromatic N) is 1. The molecular formula is C20H21N3S2. The van der Waals surface area contributed by atoms with Crippen LogP contribution in [-0.2, 0) is 6.42 Å². The van der Waals surface area contributed by atoms with Crippen LogP contribution in [0.15, 0.2) is 53.6 Å². The molecule has 0 aliphatic carbocycles. The summed E-state index contributed by atoms with van der Waals surface area (Å²) in [5, 5.41) is 9.88. The largest absolute Gasteiger partial charge is 0.379 e. The van der Waals surface area contributed by atoms with E-state index in [9.17, 15) is 0 Å². The van der Waals surface area contributed by atoms with Gasteiger partial charge in [0.25, 0.3) is 0 Å². The highest BCUT2D eigenvalue weighted by atomic mass is 32.2. The van der Waals surface area contributed by atoms with Crippen molar-refractivity contribution in [1.29, 1.82) is 0 Å². The molecule has 1 fully saturated rings. The fourth-order valence-corrected chi connectivity index (χ4v) is 4.78. The van der Waals surface area contributed by atoms with Gasteiger partial charge in [0.2, 0.25) is 0 Å². The number of thioether (sulfide) groups is 1. The van der Waals surface area contributed by atoms with Gasteiger partial charge in [0, 0.05) is 18.3 Å². The molecular weight excluding hydrogens is 346 g/mol. The average Bonchev–Trinajstić information content (AvgIpc) is 3.22. The van der Waals surface area contributed by atoms with Crippen molar-refractivity contribution in [1.82, 2.24) is 10.3 Å². The molecule has 0 bridgehead atoms. The van der Waals surface area contributed by atoms with Gasteiger partial charge in [-0.05, 0) is 35.8 Å². The topological polar surface area (TPSA) is 37.0 Å². The molecule has 0 radical (unpaired) electrons. The van der Waals surface area contributed by atoms with E-state index in [0.717, 1.165) is 30.2 Å². The lowest BCUT2D eigenvalue weighted by Crippen LogP contribution is -2.09. The molecule has 0 amide bonds. The molecule has 1 aliphatic heterocycles. The number of fused-ring (bicyclic) bond motifs is 1. The summed E-state index contributed by atoms with van der Waals surface area (Å²) in [7, 11) is 0. The lowest BCUT2D eigenvalue weighted by atomic mass is 10.0. The summed E-state index contributed by atoms with van der Waals surface area (Å²) in [4.78, 5) is 4.64. The number of benzene rings is 2. The minimum absolute atomic E-state index is 0.652. The first-order chi connectivity index (χ1) is 12.3. The molecule has 1 saturated heterocycles. The van der Waals surface area contributed by atoms with Gasteiger partial charge in [-0.2, -0.15) is 0 Å². The Kier molecular flexibility index (Phi) is 4.95. The van der Waals surface area contributed by atoms with Gasteiger partial charge in [0.1, 0.15) is 0 Å². The Morgan fingerprint density at radius 1 is 1.20 bits per heavy atom. The zero-order valence-corrected chi connectivity index (χ0v) is 15.8. The summed E-state index contributed by atoms with van der Waals surface area (Å²) in [6, 6.07) is 16.9. The van der Waals surface area contributed by atoms with Gasteiger partial charge < -0.3 is 10.6 Å². The lowest BCUT2D eigenvalue weighted by molar-refractivity contribution is 0.854. The minimum Gasteiger partial charge on any atom is -0.379 e. The molecule has 1 aliphatic rings. The predicted molar refractivity (Wildman–Crippen MR) is 111 cm³/mol. The van der Waals surface area contributed by atoms with Crippen LogP contribution in [0.5, 0.6) is 0 Å². The quantitative estimate of drug-likeness (QED) is 0.667. The van der Waals surface area contributed by atoms with Crippen LogP contribution in [0.3, 0.4) is 0 Å². The van der Waals surface area contributed by atoms with E-state index in [-0.39, 0.29) is 0 Å². The van der Waals surface area contributed by atoms with Crippen molar-refractivity contribution in [2.24, 2.45) is 0 Å². The van der Waals surface area contributed by atoms with Crippen LogP contribution in [0.1, 0.15) is 18.1 Å². The number of hydrogen-bond donors (Lipinski definition) is 2. The fourth-order valence-electron chi connectivity index (χ4n) is 2.93. The van der Waals surface area contributed by atoms with Crippen molar-refractivity contribution in [2.75, 3.05) is 18.4 Å². The zero-order valence-electron chi connectivity index (χ0n) is 14.2. The number of para-hydroxylation sites is 1. The smallest absolute Gasteiger partial charge is 0.183 e. The highest BCUT2D eigenvalue weighted by Crippen LogP contribution is 2.28. The Balaban J connectivity index is 1.42. The molecule has 5 heteroatoms. The van der Waals surface area contributed by atoms with E-state index in [1.165, 1.54) is 20.9 Å². The van der Waals surface area contributed by atoms with E-state index in [1.54, 1.807) is 11.3 Å². The summed E-state index contributed by atoms with van der Waals surface area (Å²) < 4.78 is 1.23. The van der Waals surface area contributed by atoms with Crippen molar-refractivity contribution in [3.8, 4) is 0 Å². The zero-order chi connectivity index (χ0) is 17.1. The van der Waals surface area contributed by atoms with Crippen molar-refractivity contribution < 1.29 is 0 Å². The Hall–Kier alpha value is -1.98. The molecule has 2 aromatic carbocycles. The molecule has 1 unspecified atom stereocenters. The third-order valence-corrected chi connectivity index (χ3v) is 6.28. The van der Waals surface area contributed by atoms with Gasteiger partial charge in [-0.3, -0.25) is 0 Å². The number of thiazole rings is 1. The van der Waals surface area contributed by atoms with E-state index in [4.69, 9.17) is 0 Å². The molecule has 2 N–H and O–H groups in total. The van der Waals surface area contributed by atoms with Gasteiger partial charge >= 0.3 is 0 Å². The number of hydrogen-bond acceptors (Lipinski definition) is 5. The maximum absolute atomic E-state index is 4.64. The second-order valence-corrected chi connectivity index (χ2v) is 8.69. The summed E-state index contributed by atoms with van der Waals surface area (Å²) in [6.45, 7) is 4.20. The van der Waals surface area contributed by atoms with Gasteiger partial charge in [0.15, 0.2) is 5.13 Å². The highest BCUT2D eigenvalue weighted by Gasteiger charge is 2.14. The molecule has 4 rings (SSSR count). The Bertz CT molecular complexity index is 868. The lowest BCUT2D eigenvalue weighted by Gasteiger charge is -2.08. The van der Waals surface area contributed by atoms with Crippen LogP contribution in [0.25, 0.3) is 16.3 Å². The molecule has 3 nitrogen and oxygen atoms in total. The molecule has 1 aromatic heterocycles. The van der Waals surface area contributed by atoms with Crippen molar-refractivity contribution in [3.63, 3.8) is 0 Å². The van der Waals surface area contributed by atoms with Gasteiger partial charge in [0.05, 0.1) is 15.2 Å². The highest BCUT2D eigenvalue weighted by molar-refractivity contribution is 8.04. The maximum atomic E-state index is 4.64. The fraction of sp³-hybridized carbons (Fsp3) is 0.250. The van der Waals surface area contributed by atoms with Crippen LogP contribution in [0.2, 0.25) is 0 Å². The molecule has 3 aromatic rings. The number of anilines is 1. The van der Waals surface area contributed by atoms with Gasteiger partial charge in [-0.25, -0.2) is 4.98 Å².